The maximum Gasteiger partial charge on any atom is 0.222 e. The summed E-state index contributed by atoms with van der Waals surface area (Å²) in [5.74, 6) is 1.88. The highest BCUT2D eigenvalue weighted by Gasteiger charge is 2.21. The van der Waals surface area contributed by atoms with Crippen molar-refractivity contribution < 1.29 is 9.53 Å². The predicted molar refractivity (Wildman–Crippen MR) is 97.7 cm³/mol. The summed E-state index contributed by atoms with van der Waals surface area (Å²) in [5, 5.41) is 8.74. The Balaban J connectivity index is 1.67. The summed E-state index contributed by atoms with van der Waals surface area (Å²) in [5.41, 5.74) is 1.72. The molecular weight excluding hydrogens is 316 g/mol. The van der Waals surface area contributed by atoms with Crippen molar-refractivity contribution in [2.45, 2.75) is 19.8 Å². The van der Waals surface area contributed by atoms with E-state index < -0.39 is 0 Å². The van der Waals surface area contributed by atoms with Gasteiger partial charge < -0.3 is 14.5 Å². The number of nitrogens with zero attached hydrogens (tertiary/aromatic N) is 4. The molecule has 1 saturated heterocycles. The van der Waals surface area contributed by atoms with Crippen LogP contribution in [0.2, 0.25) is 0 Å². The average Bonchev–Trinajstić information content (AvgIpc) is 2.68. The fraction of sp³-hybridized carbons (Fsp3) is 0.421. The number of benzene rings is 1. The van der Waals surface area contributed by atoms with Gasteiger partial charge in [0.05, 0.1) is 12.8 Å². The van der Waals surface area contributed by atoms with Crippen molar-refractivity contribution >= 4 is 11.7 Å². The molecular formula is C19H24N4O2. The Morgan fingerprint density at radius 2 is 1.84 bits per heavy atom. The Hall–Kier alpha value is -2.63. The van der Waals surface area contributed by atoms with Gasteiger partial charge in [0.1, 0.15) is 5.75 Å². The molecule has 1 aliphatic rings. The number of hydrogen-bond acceptors (Lipinski definition) is 5. The number of rotatable bonds is 5. The van der Waals surface area contributed by atoms with E-state index in [4.69, 9.17) is 4.74 Å². The highest BCUT2D eigenvalue weighted by molar-refractivity contribution is 5.76. The van der Waals surface area contributed by atoms with E-state index in [1.54, 1.807) is 7.11 Å². The van der Waals surface area contributed by atoms with Crippen LogP contribution in [0.25, 0.3) is 11.3 Å². The normalized spacial score (nSPS) is 14.5. The molecule has 0 atom stereocenters. The van der Waals surface area contributed by atoms with Crippen LogP contribution in [0.15, 0.2) is 36.4 Å². The first-order valence-corrected chi connectivity index (χ1v) is 8.72. The molecule has 1 aromatic carbocycles. The number of aromatic nitrogens is 2. The van der Waals surface area contributed by atoms with Gasteiger partial charge in [-0.3, -0.25) is 4.79 Å². The number of amides is 1. The monoisotopic (exact) mass is 340 g/mol. The SMILES string of the molecule is CCCC(=O)N1CCN(c2ccc(-c3ccccc3OC)nn2)CC1. The van der Waals surface area contributed by atoms with Crippen molar-refractivity contribution in [3.63, 3.8) is 0 Å². The molecule has 0 radical (unpaired) electrons. The minimum Gasteiger partial charge on any atom is -0.496 e. The van der Waals surface area contributed by atoms with E-state index in [9.17, 15) is 4.79 Å². The summed E-state index contributed by atoms with van der Waals surface area (Å²) >= 11 is 0. The van der Waals surface area contributed by atoms with Crippen LogP contribution in [-0.2, 0) is 4.79 Å². The average molecular weight is 340 g/mol. The van der Waals surface area contributed by atoms with Gasteiger partial charge in [-0.15, -0.1) is 10.2 Å². The molecule has 25 heavy (non-hydrogen) atoms. The number of methoxy groups -OCH3 is 1. The quantitative estimate of drug-likeness (QED) is 0.837. The van der Waals surface area contributed by atoms with Crippen LogP contribution in [0, 0.1) is 0 Å². The van der Waals surface area contributed by atoms with Crippen LogP contribution in [0.4, 0.5) is 5.82 Å². The van der Waals surface area contributed by atoms with E-state index in [2.05, 4.69) is 15.1 Å². The summed E-state index contributed by atoms with van der Waals surface area (Å²) in [7, 11) is 1.65. The van der Waals surface area contributed by atoms with Gasteiger partial charge in [-0.25, -0.2) is 0 Å². The number of para-hydroxylation sites is 1. The van der Waals surface area contributed by atoms with Crippen LogP contribution in [-0.4, -0.2) is 54.3 Å². The van der Waals surface area contributed by atoms with Crippen molar-refractivity contribution in [2.24, 2.45) is 0 Å². The summed E-state index contributed by atoms with van der Waals surface area (Å²) in [6, 6.07) is 11.7. The van der Waals surface area contributed by atoms with Crippen molar-refractivity contribution in [3.05, 3.63) is 36.4 Å². The number of hydrogen-bond donors (Lipinski definition) is 0. The van der Waals surface area contributed by atoms with Crippen LogP contribution >= 0.6 is 0 Å². The second-order valence-corrected chi connectivity index (χ2v) is 6.09. The molecule has 0 unspecified atom stereocenters. The molecule has 0 saturated carbocycles. The number of carbonyl (C=O) groups excluding carboxylic acids is 1. The van der Waals surface area contributed by atoms with Gasteiger partial charge in [-0.2, -0.15) is 0 Å². The third kappa shape index (κ3) is 3.90. The lowest BCUT2D eigenvalue weighted by Gasteiger charge is -2.35. The topological polar surface area (TPSA) is 58.6 Å². The van der Waals surface area contributed by atoms with Crippen molar-refractivity contribution in [3.8, 4) is 17.0 Å². The Kier molecular flexibility index (Phi) is 5.48. The largest absolute Gasteiger partial charge is 0.496 e. The third-order valence-electron chi connectivity index (χ3n) is 4.45. The summed E-state index contributed by atoms with van der Waals surface area (Å²) in [6.45, 7) is 5.10. The molecule has 0 aliphatic carbocycles. The molecule has 1 aliphatic heterocycles. The van der Waals surface area contributed by atoms with Crippen LogP contribution in [0.5, 0.6) is 5.75 Å². The molecule has 6 nitrogen and oxygen atoms in total. The lowest BCUT2D eigenvalue weighted by atomic mass is 10.1. The number of anilines is 1. The maximum atomic E-state index is 12.0. The zero-order valence-electron chi connectivity index (χ0n) is 14.8. The Morgan fingerprint density at radius 1 is 1.08 bits per heavy atom. The van der Waals surface area contributed by atoms with Crippen LogP contribution in [0.1, 0.15) is 19.8 Å². The second-order valence-electron chi connectivity index (χ2n) is 6.09. The first kappa shape index (κ1) is 17.2. The highest BCUT2D eigenvalue weighted by atomic mass is 16.5. The minimum atomic E-state index is 0.250. The molecule has 2 aromatic rings. The van der Waals surface area contributed by atoms with Gasteiger partial charge in [0, 0.05) is 38.2 Å². The molecule has 2 heterocycles. The number of carbonyl (C=O) groups is 1. The van der Waals surface area contributed by atoms with Crippen LogP contribution < -0.4 is 9.64 Å². The predicted octanol–water partition coefficient (Wildman–Crippen LogP) is 2.60. The van der Waals surface area contributed by atoms with E-state index in [1.807, 2.05) is 48.2 Å². The van der Waals surface area contributed by atoms with Crippen molar-refractivity contribution in [2.75, 3.05) is 38.2 Å². The molecule has 1 aromatic heterocycles. The van der Waals surface area contributed by atoms with Gasteiger partial charge in [0.25, 0.3) is 0 Å². The van der Waals surface area contributed by atoms with E-state index in [0.29, 0.717) is 6.42 Å². The molecule has 0 spiro atoms. The first-order valence-electron chi connectivity index (χ1n) is 8.72. The standard InChI is InChI=1S/C19H24N4O2/c1-3-6-19(24)23-13-11-22(12-14-23)18-10-9-16(20-21-18)15-7-4-5-8-17(15)25-2/h4-5,7-10H,3,6,11-14H2,1-2H3. The van der Waals surface area contributed by atoms with E-state index in [-0.39, 0.29) is 5.91 Å². The van der Waals surface area contributed by atoms with Gasteiger partial charge in [-0.05, 0) is 30.7 Å². The molecule has 1 fully saturated rings. The molecule has 132 valence electrons. The summed E-state index contributed by atoms with van der Waals surface area (Å²) in [4.78, 5) is 16.1. The summed E-state index contributed by atoms with van der Waals surface area (Å²) in [6.07, 6.45) is 1.53. The molecule has 0 N–H and O–H groups in total. The van der Waals surface area contributed by atoms with Crippen molar-refractivity contribution in [1.29, 1.82) is 0 Å². The third-order valence-corrected chi connectivity index (χ3v) is 4.45. The fourth-order valence-electron chi connectivity index (χ4n) is 3.05. The van der Waals surface area contributed by atoms with Gasteiger partial charge >= 0.3 is 0 Å². The van der Waals surface area contributed by atoms with Gasteiger partial charge in [0.15, 0.2) is 5.82 Å². The molecule has 6 heteroatoms. The molecule has 3 rings (SSSR count). The van der Waals surface area contributed by atoms with Gasteiger partial charge in [-0.1, -0.05) is 19.1 Å². The van der Waals surface area contributed by atoms with Crippen molar-refractivity contribution in [1.82, 2.24) is 15.1 Å². The zero-order chi connectivity index (χ0) is 17.6. The van der Waals surface area contributed by atoms with E-state index in [1.165, 1.54) is 0 Å². The Labute approximate surface area is 148 Å². The first-order chi connectivity index (χ1) is 12.2. The fourth-order valence-corrected chi connectivity index (χ4v) is 3.05. The summed E-state index contributed by atoms with van der Waals surface area (Å²) < 4.78 is 5.38. The van der Waals surface area contributed by atoms with Crippen LogP contribution in [0.3, 0.4) is 0 Å². The smallest absolute Gasteiger partial charge is 0.222 e. The zero-order valence-corrected chi connectivity index (χ0v) is 14.8. The lowest BCUT2D eigenvalue weighted by molar-refractivity contribution is -0.131. The van der Waals surface area contributed by atoms with E-state index >= 15 is 0 Å². The second kappa shape index (κ2) is 7.96. The lowest BCUT2D eigenvalue weighted by Crippen LogP contribution is -2.49. The van der Waals surface area contributed by atoms with Gasteiger partial charge in [0.2, 0.25) is 5.91 Å². The number of piperazine rings is 1. The molecule has 1 amide bonds. The number of ether oxygens (including phenoxy) is 1. The van der Waals surface area contributed by atoms with E-state index in [0.717, 1.165) is 55.4 Å². The highest BCUT2D eigenvalue weighted by Crippen LogP contribution is 2.28. The molecule has 0 bridgehead atoms. The Bertz CT molecular complexity index is 710. The maximum absolute atomic E-state index is 12.0. The minimum absolute atomic E-state index is 0.250. The Morgan fingerprint density at radius 3 is 2.48 bits per heavy atom.